The number of benzene rings is 1. The van der Waals surface area contributed by atoms with E-state index in [4.69, 9.17) is 23.1 Å². The number of rotatable bonds is 38. The molecule has 0 radical (unpaired) electrons. The van der Waals surface area contributed by atoms with Gasteiger partial charge in [0.1, 0.15) is 18.1 Å². The SMILES string of the molecule is CCCCCCCC/C=C\CCCCCCCCOc1cc(OCCCCCCCC/C=C\CCCCCCCC)cc(C2OCC(OS(=O)(=O)CC)O2)c1. The van der Waals surface area contributed by atoms with Crippen molar-refractivity contribution < 1.29 is 31.5 Å². The Balaban J connectivity index is 1.66. The van der Waals surface area contributed by atoms with Crippen LogP contribution in [0.5, 0.6) is 11.5 Å². The van der Waals surface area contributed by atoms with Gasteiger partial charge in [0.05, 0.1) is 19.0 Å². The molecule has 0 aliphatic carbocycles. The summed E-state index contributed by atoms with van der Waals surface area (Å²) in [6, 6.07) is 5.74. The Labute approximate surface area is 338 Å². The molecule has 7 nitrogen and oxygen atoms in total. The van der Waals surface area contributed by atoms with Gasteiger partial charge in [-0.25, -0.2) is 4.18 Å². The van der Waals surface area contributed by atoms with Crippen LogP contribution in [0.3, 0.4) is 0 Å². The molecule has 1 fully saturated rings. The molecule has 0 bridgehead atoms. The zero-order valence-corrected chi connectivity index (χ0v) is 36.4. The molecule has 0 N–H and O–H groups in total. The van der Waals surface area contributed by atoms with Crippen molar-refractivity contribution in [2.45, 2.75) is 213 Å². The van der Waals surface area contributed by atoms with E-state index >= 15 is 0 Å². The summed E-state index contributed by atoms with van der Waals surface area (Å²) in [5.41, 5.74) is 0.731. The fourth-order valence-corrected chi connectivity index (χ4v) is 7.38. The van der Waals surface area contributed by atoms with Crippen LogP contribution in [0.4, 0.5) is 0 Å². The maximum Gasteiger partial charge on any atom is 0.269 e. The molecule has 1 aliphatic heterocycles. The summed E-state index contributed by atoms with van der Waals surface area (Å²) in [5.74, 6) is 1.30. The van der Waals surface area contributed by atoms with Gasteiger partial charge in [0.25, 0.3) is 10.1 Å². The Bertz CT molecular complexity index is 1140. The van der Waals surface area contributed by atoms with E-state index in [1.807, 2.05) is 18.2 Å². The summed E-state index contributed by atoms with van der Waals surface area (Å²) in [4.78, 5) is 0. The standard InChI is InChI=1S/C47H82O7S/c1-4-7-9-11-13-15-17-19-21-23-25-27-29-31-33-35-37-50-44-39-43(47-52-42-46(53-47)54-55(48,49)6-3)40-45(41-44)51-38-36-34-32-30-28-26-24-22-20-18-16-14-12-10-8-5-2/h19-22,39-41,46-47H,4-18,23-38,42H2,1-3H3/b21-19-,22-20-. The number of hydrogen-bond donors (Lipinski definition) is 0. The molecule has 1 aliphatic rings. The highest BCUT2D eigenvalue weighted by atomic mass is 32.2. The van der Waals surface area contributed by atoms with E-state index in [0.717, 1.165) is 31.2 Å². The number of hydrogen-bond acceptors (Lipinski definition) is 7. The molecule has 0 amide bonds. The highest BCUT2D eigenvalue weighted by molar-refractivity contribution is 7.86. The van der Waals surface area contributed by atoms with Crippen molar-refractivity contribution in [3.63, 3.8) is 0 Å². The van der Waals surface area contributed by atoms with Crippen molar-refractivity contribution in [1.82, 2.24) is 0 Å². The molecule has 318 valence electrons. The van der Waals surface area contributed by atoms with Crippen LogP contribution < -0.4 is 9.47 Å². The van der Waals surface area contributed by atoms with Crippen molar-refractivity contribution in [2.75, 3.05) is 25.6 Å². The Hall–Kier alpha value is -1.87. The van der Waals surface area contributed by atoms with E-state index in [-0.39, 0.29) is 12.4 Å². The molecular formula is C47H82O7S. The maximum atomic E-state index is 12.0. The summed E-state index contributed by atoms with van der Waals surface area (Å²) in [5, 5.41) is 0. The third kappa shape index (κ3) is 27.4. The highest BCUT2D eigenvalue weighted by Crippen LogP contribution is 2.34. The van der Waals surface area contributed by atoms with Crippen molar-refractivity contribution in [2.24, 2.45) is 0 Å². The number of allylic oxidation sites excluding steroid dienone is 4. The molecule has 1 aromatic rings. The van der Waals surface area contributed by atoms with Gasteiger partial charge in [-0.3, -0.25) is 0 Å². The molecule has 0 aromatic heterocycles. The van der Waals surface area contributed by atoms with Crippen molar-refractivity contribution >= 4 is 10.1 Å². The van der Waals surface area contributed by atoms with Gasteiger partial charge in [0.2, 0.25) is 6.29 Å². The minimum Gasteiger partial charge on any atom is -0.493 e. The molecule has 1 saturated heterocycles. The summed E-state index contributed by atoms with van der Waals surface area (Å²) in [7, 11) is -3.65. The van der Waals surface area contributed by atoms with Gasteiger partial charge in [0.15, 0.2) is 6.29 Å². The first-order chi connectivity index (χ1) is 27.0. The minimum atomic E-state index is -3.65. The van der Waals surface area contributed by atoms with E-state index in [2.05, 4.69) is 38.2 Å². The Morgan fingerprint density at radius 3 is 1.33 bits per heavy atom. The lowest BCUT2D eigenvalue weighted by Crippen LogP contribution is -2.21. The largest absolute Gasteiger partial charge is 0.493 e. The second-order valence-corrected chi connectivity index (χ2v) is 17.4. The van der Waals surface area contributed by atoms with Crippen LogP contribution in [-0.4, -0.2) is 40.3 Å². The van der Waals surface area contributed by atoms with Crippen LogP contribution in [0.2, 0.25) is 0 Å². The minimum absolute atomic E-state index is 0.0378. The third-order valence-corrected chi connectivity index (χ3v) is 11.5. The van der Waals surface area contributed by atoms with E-state index < -0.39 is 22.7 Å². The van der Waals surface area contributed by atoms with Crippen LogP contribution in [0.25, 0.3) is 0 Å². The fourth-order valence-electron chi connectivity index (χ4n) is 6.81. The van der Waals surface area contributed by atoms with Gasteiger partial charge >= 0.3 is 0 Å². The molecular weight excluding hydrogens is 709 g/mol. The predicted molar refractivity (Wildman–Crippen MR) is 230 cm³/mol. The van der Waals surface area contributed by atoms with E-state index in [1.54, 1.807) is 6.92 Å². The lowest BCUT2D eigenvalue weighted by atomic mass is 10.1. The van der Waals surface area contributed by atoms with Crippen LogP contribution in [0.15, 0.2) is 42.5 Å². The Kier molecular flexibility index (Phi) is 30.6. The topological polar surface area (TPSA) is 80.3 Å². The first kappa shape index (κ1) is 49.3. The first-order valence-corrected chi connectivity index (χ1v) is 24.4. The molecule has 55 heavy (non-hydrogen) atoms. The number of ether oxygens (including phenoxy) is 4. The summed E-state index contributed by atoms with van der Waals surface area (Å²) < 4.78 is 53.1. The van der Waals surface area contributed by atoms with Crippen LogP contribution in [-0.2, 0) is 23.8 Å². The lowest BCUT2D eigenvalue weighted by molar-refractivity contribution is -0.104. The number of unbranched alkanes of at least 4 members (excludes halogenated alkanes) is 24. The quantitative estimate of drug-likeness (QED) is 0.0375. The van der Waals surface area contributed by atoms with Gasteiger partial charge < -0.3 is 18.9 Å². The van der Waals surface area contributed by atoms with Gasteiger partial charge in [-0.1, -0.05) is 154 Å². The Morgan fingerprint density at radius 2 is 0.927 bits per heavy atom. The van der Waals surface area contributed by atoms with Gasteiger partial charge in [0, 0.05) is 11.6 Å². The van der Waals surface area contributed by atoms with E-state index in [9.17, 15) is 8.42 Å². The summed E-state index contributed by atoms with van der Waals surface area (Å²) in [6.07, 6.45) is 43.5. The van der Waals surface area contributed by atoms with Crippen LogP contribution >= 0.6 is 0 Å². The highest BCUT2D eigenvalue weighted by Gasteiger charge is 2.32. The third-order valence-electron chi connectivity index (χ3n) is 10.3. The molecule has 0 spiro atoms. The van der Waals surface area contributed by atoms with Crippen molar-refractivity contribution in [3.05, 3.63) is 48.1 Å². The average Bonchev–Trinajstić information content (AvgIpc) is 3.65. The maximum absolute atomic E-state index is 12.0. The molecule has 2 rings (SSSR count). The predicted octanol–water partition coefficient (Wildman–Crippen LogP) is 14.3. The van der Waals surface area contributed by atoms with E-state index in [0.29, 0.717) is 24.7 Å². The zero-order chi connectivity index (χ0) is 39.5. The molecule has 1 aromatic carbocycles. The fraction of sp³-hybridized carbons (Fsp3) is 0.787. The van der Waals surface area contributed by atoms with Gasteiger partial charge in [-0.05, 0) is 83.3 Å². The zero-order valence-electron chi connectivity index (χ0n) is 35.6. The summed E-state index contributed by atoms with van der Waals surface area (Å²) >= 11 is 0. The second-order valence-electron chi connectivity index (χ2n) is 15.5. The first-order valence-electron chi connectivity index (χ1n) is 22.9. The van der Waals surface area contributed by atoms with E-state index in [1.165, 1.54) is 154 Å². The molecule has 2 atom stereocenters. The summed E-state index contributed by atoms with van der Waals surface area (Å²) in [6.45, 7) is 7.39. The van der Waals surface area contributed by atoms with Crippen LogP contribution in [0, 0.1) is 0 Å². The van der Waals surface area contributed by atoms with Crippen LogP contribution in [0.1, 0.15) is 212 Å². The average molecular weight is 791 g/mol. The van der Waals surface area contributed by atoms with Crippen molar-refractivity contribution in [3.8, 4) is 11.5 Å². The monoisotopic (exact) mass is 791 g/mol. The molecule has 1 heterocycles. The smallest absolute Gasteiger partial charge is 0.269 e. The molecule has 2 unspecified atom stereocenters. The molecule has 8 heteroatoms. The second kappa shape index (κ2) is 34.2. The van der Waals surface area contributed by atoms with Gasteiger partial charge in [-0.2, -0.15) is 8.42 Å². The normalized spacial score (nSPS) is 16.2. The Morgan fingerprint density at radius 1 is 0.545 bits per heavy atom. The van der Waals surface area contributed by atoms with Crippen molar-refractivity contribution in [1.29, 1.82) is 0 Å². The van der Waals surface area contributed by atoms with Gasteiger partial charge in [-0.15, -0.1) is 0 Å². The molecule has 0 saturated carbocycles. The lowest BCUT2D eigenvalue weighted by Gasteiger charge is -2.16.